The third kappa shape index (κ3) is 2.48. The van der Waals surface area contributed by atoms with Crippen LogP contribution in [0.5, 0.6) is 0 Å². The molecule has 76 valence electrons. The summed E-state index contributed by atoms with van der Waals surface area (Å²) in [6, 6.07) is 0.405. The van der Waals surface area contributed by atoms with Crippen molar-refractivity contribution in [3.8, 4) is 0 Å². The van der Waals surface area contributed by atoms with Gasteiger partial charge in [0.05, 0.1) is 0 Å². The molecule has 0 radical (unpaired) electrons. The van der Waals surface area contributed by atoms with Gasteiger partial charge in [-0.3, -0.25) is 0 Å². The number of nitrogens with zero attached hydrogens (tertiary/aromatic N) is 2. The smallest absolute Gasteiger partial charge is 0.233 e. The molecule has 0 heterocycles. The van der Waals surface area contributed by atoms with Gasteiger partial charge >= 0.3 is 0 Å². The van der Waals surface area contributed by atoms with Crippen molar-refractivity contribution in [2.24, 2.45) is 10.9 Å². The lowest BCUT2D eigenvalue weighted by Gasteiger charge is -2.37. The van der Waals surface area contributed by atoms with E-state index in [1.165, 1.54) is 6.42 Å². The molecule has 1 aliphatic carbocycles. The molecule has 0 atom stereocenters. The van der Waals surface area contributed by atoms with Gasteiger partial charge in [-0.2, -0.15) is 0 Å². The summed E-state index contributed by atoms with van der Waals surface area (Å²) in [5, 5.41) is 20.2. The Morgan fingerprint density at radius 2 is 2.23 bits per heavy atom. The van der Waals surface area contributed by atoms with Crippen LogP contribution >= 0.6 is 0 Å². The maximum absolute atomic E-state index is 8.67. The van der Waals surface area contributed by atoms with Crippen LogP contribution in [0.1, 0.15) is 25.7 Å². The first-order valence-corrected chi connectivity index (χ1v) is 4.64. The molecule has 1 saturated carbocycles. The molecule has 0 aliphatic heterocycles. The second-order valence-electron chi connectivity index (χ2n) is 3.31. The largest absolute Gasteiger partial charge is 0.408 e. The number of oxime groups is 1. The number of rotatable bonds is 4. The molecule has 13 heavy (non-hydrogen) atoms. The maximum Gasteiger partial charge on any atom is 0.233 e. The molecule has 5 heteroatoms. The summed E-state index contributed by atoms with van der Waals surface area (Å²) in [6.07, 6.45) is 4.06. The van der Waals surface area contributed by atoms with E-state index in [1.807, 2.05) is 4.90 Å². The maximum atomic E-state index is 8.67. The fourth-order valence-corrected chi connectivity index (χ4v) is 1.48. The zero-order valence-electron chi connectivity index (χ0n) is 7.69. The van der Waals surface area contributed by atoms with Crippen molar-refractivity contribution in [1.82, 2.24) is 4.90 Å². The Bertz CT molecular complexity index is 180. The number of aliphatic hydroxyl groups excluding tert-OH is 1. The van der Waals surface area contributed by atoms with Gasteiger partial charge in [-0.05, 0) is 25.7 Å². The van der Waals surface area contributed by atoms with Gasteiger partial charge in [0.15, 0.2) is 0 Å². The summed E-state index contributed by atoms with van der Waals surface area (Å²) < 4.78 is 0. The van der Waals surface area contributed by atoms with Crippen LogP contribution in [0.3, 0.4) is 0 Å². The van der Waals surface area contributed by atoms with E-state index in [9.17, 15) is 0 Å². The molecular weight excluding hydrogens is 170 g/mol. The monoisotopic (exact) mass is 187 g/mol. The Balaban J connectivity index is 2.42. The summed E-state index contributed by atoms with van der Waals surface area (Å²) in [5.74, 6) is 0.165. The van der Waals surface area contributed by atoms with Crippen LogP contribution in [0.25, 0.3) is 0 Å². The summed E-state index contributed by atoms with van der Waals surface area (Å²) in [4.78, 5) is 1.86. The van der Waals surface area contributed by atoms with Crippen LogP contribution < -0.4 is 5.73 Å². The summed E-state index contributed by atoms with van der Waals surface area (Å²) in [7, 11) is 0. The topological polar surface area (TPSA) is 82.1 Å². The van der Waals surface area contributed by atoms with Gasteiger partial charge in [-0.15, -0.1) is 0 Å². The Kier molecular flexibility index (Phi) is 3.82. The van der Waals surface area contributed by atoms with E-state index in [4.69, 9.17) is 16.0 Å². The summed E-state index contributed by atoms with van der Waals surface area (Å²) in [6.45, 7) is 0.805. The number of guanidine groups is 1. The van der Waals surface area contributed by atoms with Crippen molar-refractivity contribution in [2.45, 2.75) is 31.7 Å². The van der Waals surface area contributed by atoms with Gasteiger partial charge < -0.3 is 20.9 Å². The van der Waals surface area contributed by atoms with Gasteiger partial charge in [0.25, 0.3) is 0 Å². The Morgan fingerprint density at radius 1 is 1.54 bits per heavy atom. The standard InChI is InChI=1S/C8H17N3O2/c9-8(10-13)11(5-2-6-12)7-3-1-4-7/h7,12-13H,1-6H2,(H2,9,10). The van der Waals surface area contributed by atoms with Crippen molar-refractivity contribution in [2.75, 3.05) is 13.2 Å². The van der Waals surface area contributed by atoms with Crippen molar-refractivity contribution in [3.63, 3.8) is 0 Å². The highest BCUT2D eigenvalue weighted by Crippen LogP contribution is 2.24. The average molecular weight is 187 g/mol. The normalized spacial score (nSPS) is 18.4. The van der Waals surface area contributed by atoms with E-state index in [0.717, 1.165) is 12.8 Å². The zero-order chi connectivity index (χ0) is 9.68. The molecule has 4 N–H and O–H groups in total. The highest BCUT2D eigenvalue weighted by molar-refractivity contribution is 5.77. The lowest BCUT2D eigenvalue weighted by Crippen LogP contribution is -2.48. The molecule has 0 aromatic heterocycles. The first-order chi connectivity index (χ1) is 6.29. The second kappa shape index (κ2) is 4.91. The zero-order valence-corrected chi connectivity index (χ0v) is 7.69. The Hall–Kier alpha value is -0.970. The molecule has 1 rings (SSSR count). The molecule has 0 amide bonds. The van der Waals surface area contributed by atoms with Crippen molar-refractivity contribution >= 4 is 5.96 Å². The van der Waals surface area contributed by atoms with E-state index < -0.39 is 0 Å². The van der Waals surface area contributed by atoms with Gasteiger partial charge in [-0.1, -0.05) is 5.16 Å². The first kappa shape index (κ1) is 10.1. The summed E-state index contributed by atoms with van der Waals surface area (Å²) in [5.41, 5.74) is 5.51. The number of hydrogen-bond donors (Lipinski definition) is 3. The van der Waals surface area contributed by atoms with E-state index in [2.05, 4.69) is 5.16 Å². The van der Waals surface area contributed by atoms with Gasteiger partial charge in [0.2, 0.25) is 5.96 Å². The van der Waals surface area contributed by atoms with Crippen LogP contribution in [0.4, 0.5) is 0 Å². The fraction of sp³-hybridized carbons (Fsp3) is 0.875. The molecule has 0 unspecified atom stereocenters. The third-order valence-electron chi connectivity index (χ3n) is 2.47. The fourth-order valence-electron chi connectivity index (χ4n) is 1.48. The molecule has 0 aromatic carbocycles. The highest BCUT2D eigenvalue weighted by atomic mass is 16.4. The predicted molar refractivity (Wildman–Crippen MR) is 49.5 cm³/mol. The number of hydrogen-bond acceptors (Lipinski definition) is 3. The molecule has 0 spiro atoms. The average Bonchev–Trinajstić information content (AvgIpc) is 2.07. The summed E-state index contributed by atoms with van der Waals surface area (Å²) >= 11 is 0. The van der Waals surface area contributed by atoms with E-state index in [1.54, 1.807) is 0 Å². The number of nitrogens with two attached hydrogens (primary N) is 1. The predicted octanol–water partition coefficient (Wildman–Crippen LogP) is -0.0728. The van der Waals surface area contributed by atoms with E-state index in [-0.39, 0.29) is 12.6 Å². The van der Waals surface area contributed by atoms with Crippen LogP contribution in [-0.2, 0) is 0 Å². The minimum absolute atomic E-state index is 0.141. The lowest BCUT2D eigenvalue weighted by atomic mass is 9.91. The quantitative estimate of drug-likeness (QED) is 0.249. The van der Waals surface area contributed by atoms with Crippen LogP contribution in [0.2, 0.25) is 0 Å². The first-order valence-electron chi connectivity index (χ1n) is 4.64. The van der Waals surface area contributed by atoms with Crippen molar-refractivity contribution < 1.29 is 10.3 Å². The minimum atomic E-state index is 0.141. The molecule has 0 aromatic rings. The molecule has 5 nitrogen and oxygen atoms in total. The molecular formula is C8H17N3O2. The second-order valence-corrected chi connectivity index (χ2v) is 3.31. The third-order valence-corrected chi connectivity index (χ3v) is 2.47. The number of aliphatic hydroxyl groups is 1. The van der Waals surface area contributed by atoms with E-state index >= 15 is 0 Å². The molecule has 1 aliphatic rings. The van der Waals surface area contributed by atoms with E-state index in [0.29, 0.717) is 19.0 Å². The molecule has 1 fully saturated rings. The Labute approximate surface area is 77.8 Å². The Morgan fingerprint density at radius 3 is 2.62 bits per heavy atom. The van der Waals surface area contributed by atoms with Crippen molar-refractivity contribution in [1.29, 1.82) is 0 Å². The van der Waals surface area contributed by atoms with Gasteiger partial charge in [-0.25, -0.2) is 0 Å². The van der Waals surface area contributed by atoms with Crippen LogP contribution in [0.15, 0.2) is 5.16 Å². The van der Waals surface area contributed by atoms with Crippen molar-refractivity contribution in [3.05, 3.63) is 0 Å². The molecule has 0 bridgehead atoms. The van der Waals surface area contributed by atoms with Crippen LogP contribution in [0, 0.1) is 0 Å². The minimum Gasteiger partial charge on any atom is -0.408 e. The SMILES string of the molecule is NC(=NO)N(CCCO)C1CCC1. The lowest BCUT2D eigenvalue weighted by molar-refractivity contribution is 0.179. The highest BCUT2D eigenvalue weighted by Gasteiger charge is 2.26. The van der Waals surface area contributed by atoms with Gasteiger partial charge in [0.1, 0.15) is 0 Å². The van der Waals surface area contributed by atoms with Gasteiger partial charge in [0, 0.05) is 19.2 Å². The molecule has 0 saturated heterocycles. The van der Waals surface area contributed by atoms with Crippen LogP contribution in [-0.4, -0.2) is 40.4 Å².